The summed E-state index contributed by atoms with van der Waals surface area (Å²) in [5.74, 6) is 0.774. The second kappa shape index (κ2) is 11.1. The number of nitrogens with zero attached hydrogens (tertiary/aromatic N) is 1. The number of amides is 1. The minimum absolute atomic E-state index is 0.0564. The minimum atomic E-state index is -0.138. The van der Waals surface area contributed by atoms with E-state index < -0.39 is 0 Å². The molecule has 0 unspecified atom stereocenters. The molecule has 1 aromatic carbocycles. The van der Waals surface area contributed by atoms with Gasteiger partial charge < -0.3 is 24.8 Å². The predicted octanol–water partition coefficient (Wildman–Crippen LogP) is 3.65. The summed E-state index contributed by atoms with van der Waals surface area (Å²) in [5.41, 5.74) is 1.91. The lowest BCUT2D eigenvalue weighted by molar-refractivity contribution is -0.121. The smallest absolute Gasteiger partial charge is 0.278 e. The molecule has 0 spiro atoms. The fourth-order valence-electron chi connectivity index (χ4n) is 3.56. The van der Waals surface area contributed by atoms with Crippen molar-refractivity contribution in [3.05, 3.63) is 33.3 Å². The average Bonchev–Trinajstić information content (AvgIpc) is 3.13. The SMILES string of the molecule is CCOCCCNC(=O)CCCCCn1c(=S)[nH]c2c([nH]c3ccc(OC)cc32)c1=O. The molecule has 0 atom stereocenters. The molecular formula is C22H30N4O4S. The zero-order valence-corrected chi connectivity index (χ0v) is 18.9. The van der Waals surface area contributed by atoms with E-state index in [1.807, 2.05) is 25.1 Å². The van der Waals surface area contributed by atoms with E-state index in [1.165, 1.54) is 0 Å². The van der Waals surface area contributed by atoms with Gasteiger partial charge in [0.15, 0.2) is 4.77 Å². The van der Waals surface area contributed by atoms with E-state index in [2.05, 4.69) is 15.3 Å². The molecule has 0 radical (unpaired) electrons. The van der Waals surface area contributed by atoms with Crippen LogP contribution in [0.15, 0.2) is 23.0 Å². The molecule has 0 saturated heterocycles. The Kier molecular flexibility index (Phi) is 8.25. The number of unbranched alkanes of at least 4 members (excludes halogenated alkanes) is 2. The first kappa shape index (κ1) is 23.0. The summed E-state index contributed by atoms with van der Waals surface area (Å²) in [6, 6.07) is 5.61. The lowest BCUT2D eigenvalue weighted by Crippen LogP contribution is -2.25. The molecule has 31 heavy (non-hydrogen) atoms. The molecule has 1 amide bonds. The molecule has 2 aromatic heterocycles. The second-order valence-electron chi connectivity index (χ2n) is 7.38. The number of carbonyl (C=O) groups is 1. The van der Waals surface area contributed by atoms with Gasteiger partial charge in [0, 0.05) is 43.6 Å². The van der Waals surface area contributed by atoms with Gasteiger partial charge >= 0.3 is 0 Å². The van der Waals surface area contributed by atoms with E-state index in [4.69, 9.17) is 21.7 Å². The number of H-pyrrole nitrogens is 2. The molecule has 0 aliphatic heterocycles. The van der Waals surface area contributed by atoms with E-state index in [0.717, 1.165) is 42.3 Å². The molecule has 3 rings (SSSR count). The first-order valence-electron chi connectivity index (χ1n) is 10.7. The van der Waals surface area contributed by atoms with Crippen LogP contribution in [-0.4, -0.2) is 47.3 Å². The summed E-state index contributed by atoms with van der Waals surface area (Å²) >= 11 is 5.44. The van der Waals surface area contributed by atoms with Crippen LogP contribution in [0.3, 0.4) is 0 Å². The summed E-state index contributed by atoms with van der Waals surface area (Å²) in [6.45, 7) is 4.47. The maximum absolute atomic E-state index is 13.0. The van der Waals surface area contributed by atoms with Crippen molar-refractivity contribution >= 4 is 40.1 Å². The van der Waals surface area contributed by atoms with Crippen LogP contribution in [0.2, 0.25) is 0 Å². The molecule has 2 heterocycles. The monoisotopic (exact) mass is 446 g/mol. The van der Waals surface area contributed by atoms with Crippen molar-refractivity contribution in [2.24, 2.45) is 0 Å². The Labute approximate surface area is 185 Å². The number of ether oxygens (including phenoxy) is 2. The van der Waals surface area contributed by atoms with Crippen LogP contribution in [0.25, 0.3) is 21.9 Å². The molecule has 3 aromatic rings. The normalized spacial score (nSPS) is 11.3. The molecular weight excluding hydrogens is 416 g/mol. The third-order valence-corrected chi connectivity index (χ3v) is 5.54. The lowest BCUT2D eigenvalue weighted by atomic mass is 10.2. The van der Waals surface area contributed by atoms with Crippen molar-refractivity contribution in [3.8, 4) is 5.75 Å². The number of nitrogens with one attached hydrogen (secondary N) is 3. The number of hydrogen-bond acceptors (Lipinski definition) is 5. The van der Waals surface area contributed by atoms with Gasteiger partial charge in [0.1, 0.15) is 11.3 Å². The molecule has 0 aliphatic rings. The zero-order valence-electron chi connectivity index (χ0n) is 18.1. The Hall–Kier alpha value is -2.65. The highest BCUT2D eigenvalue weighted by molar-refractivity contribution is 7.71. The maximum atomic E-state index is 13.0. The Morgan fingerprint density at radius 2 is 2.00 bits per heavy atom. The molecule has 8 nitrogen and oxygen atoms in total. The molecule has 9 heteroatoms. The van der Waals surface area contributed by atoms with E-state index in [-0.39, 0.29) is 11.5 Å². The minimum Gasteiger partial charge on any atom is -0.497 e. The molecule has 0 saturated carbocycles. The Bertz CT molecular complexity index is 1150. The van der Waals surface area contributed by atoms with Crippen molar-refractivity contribution in [1.29, 1.82) is 0 Å². The summed E-state index contributed by atoms with van der Waals surface area (Å²) in [4.78, 5) is 31.2. The highest BCUT2D eigenvalue weighted by Gasteiger charge is 2.12. The fraction of sp³-hybridized carbons (Fsp3) is 0.500. The van der Waals surface area contributed by atoms with E-state index in [0.29, 0.717) is 48.5 Å². The van der Waals surface area contributed by atoms with Gasteiger partial charge in [-0.3, -0.25) is 14.2 Å². The number of rotatable bonds is 12. The number of fused-ring (bicyclic) bond motifs is 3. The van der Waals surface area contributed by atoms with Crippen LogP contribution in [-0.2, 0) is 16.1 Å². The number of hydrogen-bond donors (Lipinski definition) is 3. The molecule has 0 bridgehead atoms. The number of carbonyl (C=O) groups excluding carboxylic acids is 1. The van der Waals surface area contributed by atoms with Crippen LogP contribution >= 0.6 is 12.2 Å². The summed E-state index contributed by atoms with van der Waals surface area (Å²) < 4.78 is 12.5. The molecule has 0 fully saturated rings. The third kappa shape index (κ3) is 5.74. The van der Waals surface area contributed by atoms with Crippen molar-refractivity contribution in [2.45, 2.75) is 45.6 Å². The first-order valence-corrected chi connectivity index (χ1v) is 11.1. The average molecular weight is 447 g/mol. The van der Waals surface area contributed by atoms with E-state index in [9.17, 15) is 9.59 Å². The molecule has 0 aliphatic carbocycles. The van der Waals surface area contributed by atoms with Gasteiger partial charge in [0.05, 0.1) is 12.6 Å². The number of aromatic nitrogens is 3. The van der Waals surface area contributed by atoms with Gasteiger partial charge in [-0.1, -0.05) is 6.42 Å². The van der Waals surface area contributed by atoms with Gasteiger partial charge in [-0.25, -0.2) is 0 Å². The van der Waals surface area contributed by atoms with Crippen LogP contribution < -0.4 is 15.6 Å². The van der Waals surface area contributed by atoms with Crippen LogP contribution in [0, 0.1) is 4.77 Å². The van der Waals surface area contributed by atoms with Crippen molar-refractivity contribution < 1.29 is 14.3 Å². The van der Waals surface area contributed by atoms with Gasteiger partial charge in [0.2, 0.25) is 5.91 Å². The lowest BCUT2D eigenvalue weighted by Gasteiger charge is -2.07. The Morgan fingerprint density at radius 3 is 2.77 bits per heavy atom. The van der Waals surface area contributed by atoms with E-state index >= 15 is 0 Å². The van der Waals surface area contributed by atoms with Gasteiger partial charge in [-0.2, -0.15) is 0 Å². The summed E-state index contributed by atoms with van der Waals surface area (Å²) in [5, 5.41) is 3.77. The first-order chi connectivity index (χ1) is 15.0. The highest BCUT2D eigenvalue weighted by atomic mass is 32.1. The summed E-state index contributed by atoms with van der Waals surface area (Å²) in [7, 11) is 1.61. The summed E-state index contributed by atoms with van der Waals surface area (Å²) in [6.07, 6.45) is 3.70. The van der Waals surface area contributed by atoms with Crippen molar-refractivity contribution in [1.82, 2.24) is 19.9 Å². The zero-order chi connectivity index (χ0) is 22.2. The van der Waals surface area contributed by atoms with Crippen LogP contribution in [0.5, 0.6) is 5.75 Å². The second-order valence-corrected chi connectivity index (χ2v) is 7.77. The van der Waals surface area contributed by atoms with E-state index in [1.54, 1.807) is 11.7 Å². The van der Waals surface area contributed by atoms with Crippen molar-refractivity contribution in [3.63, 3.8) is 0 Å². The van der Waals surface area contributed by atoms with Crippen LogP contribution in [0.1, 0.15) is 39.0 Å². The maximum Gasteiger partial charge on any atom is 0.278 e. The quantitative estimate of drug-likeness (QED) is 0.291. The van der Waals surface area contributed by atoms with Crippen LogP contribution in [0.4, 0.5) is 0 Å². The number of aromatic amines is 2. The van der Waals surface area contributed by atoms with Gasteiger partial charge in [-0.05, 0) is 56.6 Å². The topological polar surface area (TPSA) is 101 Å². The van der Waals surface area contributed by atoms with Gasteiger partial charge in [-0.15, -0.1) is 0 Å². The highest BCUT2D eigenvalue weighted by Crippen LogP contribution is 2.25. The third-order valence-electron chi connectivity index (χ3n) is 5.22. The Balaban J connectivity index is 1.55. The number of benzene rings is 1. The number of methoxy groups -OCH3 is 1. The fourth-order valence-corrected chi connectivity index (χ4v) is 3.84. The predicted molar refractivity (Wildman–Crippen MR) is 124 cm³/mol. The molecule has 168 valence electrons. The standard InChI is InChI=1S/C22H30N4O4S/c1-3-30-13-7-11-23-18(27)8-5-4-6-12-26-21(28)20-19(25-22(26)31)16-14-15(29-2)9-10-17(16)24-20/h9-10,14,24H,3-8,11-13H2,1-2H3,(H,23,27)(H,25,31). The largest absolute Gasteiger partial charge is 0.497 e. The molecule has 3 N–H and O–H groups in total. The van der Waals surface area contributed by atoms with Gasteiger partial charge in [0.25, 0.3) is 5.56 Å². The van der Waals surface area contributed by atoms with Crippen molar-refractivity contribution in [2.75, 3.05) is 26.9 Å². The Morgan fingerprint density at radius 1 is 1.16 bits per heavy atom.